The number of aromatic nitrogens is 1. The lowest BCUT2D eigenvalue weighted by atomic mass is 10.2. The number of pyridine rings is 1. The fourth-order valence-electron chi connectivity index (χ4n) is 1.60. The Morgan fingerprint density at radius 3 is 2.89 bits per heavy atom. The molecule has 0 spiro atoms. The molecule has 0 fully saturated rings. The Morgan fingerprint density at radius 2 is 2.21 bits per heavy atom. The second-order valence-corrected chi connectivity index (χ2v) is 6.13. The average molecular weight is 336 g/mol. The number of halogens is 1. The van der Waals surface area contributed by atoms with E-state index in [9.17, 15) is 4.21 Å². The average Bonchev–Trinajstić information content (AvgIpc) is 2.39. The minimum absolute atomic E-state index is 0.225. The first-order chi connectivity index (χ1) is 9.11. The van der Waals surface area contributed by atoms with Gasteiger partial charge in [0.05, 0.1) is 21.4 Å². The van der Waals surface area contributed by atoms with Gasteiger partial charge in [0.1, 0.15) is 11.8 Å². The number of nitrogen functional groups attached to an aromatic ring is 1. The van der Waals surface area contributed by atoms with Crippen LogP contribution in [-0.4, -0.2) is 9.19 Å². The predicted octanol–water partition coefficient (Wildman–Crippen LogP) is 2.61. The Labute approximate surface area is 121 Å². The zero-order valence-corrected chi connectivity index (χ0v) is 12.2. The van der Waals surface area contributed by atoms with E-state index in [2.05, 4.69) is 20.9 Å². The lowest BCUT2D eigenvalue weighted by molar-refractivity contribution is 0.682. The van der Waals surface area contributed by atoms with Gasteiger partial charge < -0.3 is 5.73 Å². The molecule has 0 radical (unpaired) electrons. The van der Waals surface area contributed by atoms with Crippen molar-refractivity contribution in [2.75, 3.05) is 5.73 Å². The van der Waals surface area contributed by atoms with Crippen LogP contribution in [0.15, 0.2) is 45.9 Å². The van der Waals surface area contributed by atoms with E-state index in [1.165, 1.54) is 0 Å². The molecule has 0 saturated heterocycles. The van der Waals surface area contributed by atoms with Gasteiger partial charge in [-0.15, -0.1) is 0 Å². The van der Waals surface area contributed by atoms with E-state index in [1.807, 2.05) is 6.07 Å². The molecule has 1 aromatic heterocycles. The highest BCUT2D eigenvalue weighted by Gasteiger charge is 2.12. The number of hydrogen-bond acceptors (Lipinski definition) is 4. The number of hydrogen-bond donors (Lipinski definition) is 1. The van der Waals surface area contributed by atoms with Crippen molar-refractivity contribution in [1.82, 2.24) is 4.98 Å². The monoisotopic (exact) mass is 335 g/mol. The van der Waals surface area contributed by atoms with Crippen molar-refractivity contribution in [3.63, 3.8) is 0 Å². The normalized spacial score (nSPS) is 11.8. The molecule has 96 valence electrons. The second-order valence-electron chi connectivity index (χ2n) is 3.79. The van der Waals surface area contributed by atoms with Crippen LogP contribution in [0.4, 0.5) is 5.69 Å². The standard InChI is InChI=1S/C13H10BrN3OS/c14-10-3-4-13(11(16)6-10)19(18)8-9-2-1-5-17-12(9)7-15/h1-6H,8,16H2. The first-order valence-corrected chi connectivity index (χ1v) is 7.50. The smallest absolute Gasteiger partial charge is 0.144 e. The van der Waals surface area contributed by atoms with Crippen LogP contribution in [0.3, 0.4) is 0 Å². The fraction of sp³-hybridized carbons (Fsp3) is 0.0769. The van der Waals surface area contributed by atoms with E-state index in [0.29, 0.717) is 21.8 Å². The third kappa shape index (κ3) is 3.19. The zero-order chi connectivity index (χ0) is 13.8. The van der Waals surface area contributed by atoms with Crippen molar-refractivity contribution < 1.29 is 4.21 Å². The van der Waals surface area contributed by atoms with Crippen molar-refractivity contribution in [3.8, 4) is 6.07 Å². The van der Waals surface area contributed by atoms with Gasteiger partial charge in [0.25, 0.3) is 0 Å². The highest BCUT2D eigenvalue weighted by atomic mass is 79.9. The van der Waals surface area contributed by atoms with Crippen LogP contribution in [0.2, 0.25) is 0 Å². The van der Waals surface area contributed by atoms with Gasteiger partial charge in [-0.05, 0) is 24.3 Å². The van der Waals surface area contributed by atoms with Crippen LogP contribution in [0, 0.1) is 11.3 Å². The molecule has 2 rings (SSSR count). The van der Waals surface area contributed by atoms with Crippen LogP contribution in [-0.2, 0) is 16.6 Å². The number of rotatable bonds is 3. The number of nitriles is 1. The van der Waals surface area contributed by atoms with E-state index in [0.717, 1.165) is 4.47 Å². The van der Waals surface area contributed by atoms with Crippen molar-refractivity contribution in [2.24, 2.45) is 0 Å². The van der Waals surface area contributed by atoms with Crippen LogP contribution in [0.25, 0.3) is 0 Å². The predicted molar refractivity (Wildman–Crippen MR) is 77.6 cm³/mol. The summed E-state index contributed by atoms with van der Waals surface area (Å²) in [5, 5.41) is 8.95. The molecule has 2 N–H and O–H groups in total. The van der Waals surface area contributed by atoms with Crippen LogP contribution in [0.1, 0.15) is 11.3 Å². The molecule has 19 heavy (non-hydrogen) atoms. The van der Waals surface area contributed by atoms with Crippen LogP contribution >= 0.6 is 15.9 Å². The summed E-state index contributed by atoms with van der Waals surface area (Å²) in [5.74, 6) is 0.225. The van der Waals surface area contributed by atoms with Gasteiger partial charge in [0.2, 0.25) is 0 Å². The molecular formula is C13H10BrN3OS. The van der Waals surface area contributed by atoms with Gasteiger partial charge in [-0.25, -0.2) is 4.98 Å². The van der Waals surface area contributed by atoms with Gasteiger partial charge in [0, 0.05) is 21.9 Å². The van der Waals surface area contributed by atoms with Crippen molar-refractivity contribution >= 4 is 32.4 Å². The molecule has 4 nitrogen and oxygen atoms in total. The number of nitrogens with two attached hydrogens (primary N) is 1. The van der Waals surface area contributed by atoms with Gasteiger partial charge in [-0.1, -0.05) is 22.0 Å². The van der Waals surface area contributed by atoms with E-state index >= 15 is 0 Å². The van der Waals surface area contributed by atoms with E-state index in [-0.39, 0.29) is 5.75 Å². The molecule has 1 atom stereocenters. The third-order valence-corrected chi connectivity index (χ3v) is 4.43. The minimum Gasteiger partial charge on any atom is -0.398 e. The highest BCUT2D eigenvalue weighted by Crippen LogP contribution is 2.23. The molecule has 0 saturated carbocycles. The molecule has 6 heteroatoms. The fourth-order valence-corrected chi connectivity index (χ4v) is 3.19. The van der Waals surface area contributed by atoms with Gasteiger partial charge in [0.15, 0.2) is 0 Å². The maximum absolute atomic E-state index is 12.3. The summed E-state index contributed by atoms with van der Waals surface area (Å²) in [4.78, 5) is 4.51. The largest absolute Gasteiger partial charge is 0.398 e. The Kier molecular flexibility index (Phi) is 4.30. The summed E-state index contributed by atoms with van der Waals surface area (Å²) >= 11 is 3.30. The van der Waals surface area contributed by atoms with Gasteiger partial charge in [-0.2, -0.15) is 5.26 Å². The summed E-state index contributed by atoms with van der Waals surface area (Å²) in [6.07, 6.45) is 1.54. The molecule has 0 bridgehead atoms. The molecule has 0 amide bonds. The van der Waals surface area contributed by atoms with Gasteiger partial charge in [-0.3, -0.25) is 4.21 Å². The van der Waals surface area contributed by atoms with E-state index in [1.54, 1.807) is 36.5 Å². The van der Waals surface area contributed by atoms with Crippen LogP contribution in [0.5, 0.6) is 0 Å². The summed E-state index contributed by atoms with van der Waals surface area (Å²) < 4.78 is 13.1. The maximum Gasteiger partial charge on any atom is 0.144 e. The number of anilines is 1. The molecule has 0 aliphatic carbocycles. The van der Waals surface area contributed by atoms with E-state index < -0.39 is 10.8 Å². The van der Waals surface area contributed by atoms with Crippen molar-refractivity contribution in [2.45, 2.75) is 10.6 Å². The molecule has 0 aliphatic rings. The summed E-state index contributed by atoms with van der Waals surface area (Å²) in [7, 11) is -1.30. The molecule has 1 aromatic carbocycles. The topological polar surface area (TPSA) is 79.8 Å². The van der Waals surface area contributed by atoms with Crippen molar-refractivity contribution in [1.29, 1.82) is 5.26 Å². The quantitative estimate of drug-likeness (QED) is 0.874. The Morgan fingerprint density at radius 1 is 1.42 bits per heavy atom. The lowest BCUT2D eigenvalue weighted by Gasteiger charge is -2.07. The first kappa shape index (κ1) is 13.7. The summed E-state index contributed by atoms with van der Waals surface area (Å²) in [6.45, 7) is 0. The molecule has 1 unspecified atom stereocenters. The second kappa shape index (κ2) is 5.95. The number of nitrogens with zero attached hydrogens (tertiary/aromatic N) is 2. The van der Waals surface area contributed by atoms with Gasteiger partial charge >= 0.3 is 0 Å². The third-order valence-electron chi connectivity index (χ3n) is 2.50. The maximum atomic E-state index is 12.3. The first-order valence-electron chi connectivity index (χ1n) is 5.39. The lowest BCUT2D eigenvalue weighted by Crippen LogP contribution is -2.03. The number of benzene rings is 1. The molecule has 1 heterocycles. The highest BCUT2D eigenvalue weighted by molar-refractivity contribution is 9.10. The van der Waals surface area contributed by atoms with Crippen molar-refractivity contribution in [3.05, 3.63) is 52.3 Å². The zero-order valence-electron chi connectivity index (χ0n) is 9.84. The molecule has 2 aromatic rings. The Hall–Kier alpha value is -1.71. The summed E-state index contributed by atoms with van der Waals surface area (Å²) in [5.41, 5.74) is 7.27. The van der Waals surface area contributed by atoms with E-state index in [4.69, 9.17) is 11.0 Å². The molecular weight excluding hydrogens is 326 g/mol. The SMILES string of the molecule is N#Cc1ncccc1CS(=O)c1ccc(Br)cc1N. The summed E-state index contributed by atoms with van der Waals surface area (Å²) in [6, 6.07) is 10.7. The minimum atomic E-state index is -1.30. The van der Waals surface area contributed by atoms with Crippen LogP contribution < -0.4 is 5.73 Å². The Bertz CT molecular complexity index is 682. The molecule has 0 aliphatic heterocycles. The Balaban J connectivity index is 2.29.